The summed E-state index contributed by atoms with van der Waals surface area (Å²) in [6.07, 6.45) is 7.07. The Morgan fingerprint density at radius 3 is 2.76 bits per heavy atom. The predicted molar refractivity (Wildman–Crippen MR) is 86.4 cm³/mol. The SMILES string of the molecule is CC(C)n1cc(N)cc1C(=O)NCCN(C)C1CCCC1. The number of rotatable bonds is 6. The Bertz CT molecular complexity index is 475. The molecule has 118 valence electrons. The second-order valence-corrected chi connectivity index (χ2v) is 6.33. The van der Waals surface area contributed by atoms with E-state index in [0.717, 1.165) is 6.54 Å². The largest absolute Gasteiger partial charge is 0.397 e. The summed E-state index contributed by atoms with van der Waals surface area (Å²) < 4.78 is 1.92. The van der Waals surface area contributed by atoms with Crippen molar-refractivity contribution >= 4 is 11.6 Å². The molecule has 1 heterocycles. The van der Waals surface area contributed by atoms with Gasteiger partial charge < -0.3 is 20.5 Å². The van der Waals surface area contributed by atoms with E-state index in [2.05, 4.69) is 17.3 Å². The standard InChI is InChI=1S/C16H28N4O/c1-12(2)20-11-13(17)10-15(20)16(21)18-8-9-19(3)14-6-4-5-7-14/h10-12,14H,4-9,17H2,1-3H3,(H,18,21). The lowest BCUT2D eigenvalue weighted by molar-refractivity contribution is 0.0936. The van der Waals surface area contributed by atoms with Crippen molar-refractivity contribution < 1.29 is 4.79 Å². The van der Waals surface area contributed by atoms with E-state index in [4.69, 9.17) is 5.73 Å². The lowest BCUT2D eigenvalue weighted by Gasteiger charge is -2.24. The molecule has 0 aliphatic heterocycles. The molecular weight excluding hydrogens is 264 g/mol. The maximum Gasteiger partial charge on any atom is 0.268 e. The molecule has 0 bridgehead atoms. The van der Waals surface area contributed by atoms with E-state index in [-0.39, 0.29) is 11.9 Å². The first-order valence-electron chi connectivity index (χ1n) is 7.95. The Labute approximate surface area is 127 Å². The van der Waals surface area contributed by atoms with Crippen molar-refractivity contribution in [1.82, 2.24) is 14.8 Å². The van der Waals surface area contributed by atoms with E-state index < -0.39 is 0 Å². The van der Waals surface area contributed by atoms with Crippen molar-refractivity contribution in [3.05, 3.63) is 18.0 Å². The molecule has 1 amide bonds. The molecule has 1 aromatic rings. The van der Waals surface area contributed by atoms with Gasteiger partial charge in [0.25, 0.3) is 5.91 Å². The fraction of sp³-hybridized carbons (Fsp3) is 0.688. The van der Waals surface area contributed by atoms with E-state index in [1.165, 1.54) is 25.7 Å². The van der Waals surface area contributed by atoms with Gasteiger partial charge in [0.2, 0.25) is 0 Å². The van der Waals surface area contributed by atoms with Gasteiger partial charge in [-0.25, -0.2) is 0 Å². The average Bonchev–Trinajstić information content (AvgIpc) is 3.07. The lowest BCUT2D eigenvalue weighted by atomic mass is 10.2. The van der Waals surface area contributed by atoms with Gasteiger partial charge in [0.1, 0.15) is 5.69 Å². The molecule has 0 atom stereocenters. The molecule has 0 unspecified atom stereocenters. The first-order valence-corrected chi connectivity index (χ1v) is 7.95. The number of nitrogens with zero attached hydrogens (tertiary/aromatic N) is 2. The van der Waals surface area contributed by atoms with Gasteiger partial charge >= 0.3 is 0 Å². The zero-order valence-electron chi connectivity index (χ0n) is 13.4. The van der Waals surface area contributed by atoms with Gasteiger partial charge in [0, 0.05) is 31.4 Å². The van der Waals surface area contributed by atoms with Crippen LogP contribution in [0.2, 0.25) is 0 Å². The predicted octanol–water partition coefficient (Wildman–Crippen LogP) is 2.26. The van der Waals surface area contributed by atoms with Crippen LogP contribution < -0.4 is 11.1 Å². The molecule has 1 fully saturated rings. The number of likely N-dealkylation sites (N-methyl/N-ethyl adjacent to an activating group) is 1. The van der Waals surface area contributed by atoms with Gasteiger partial charge in [-0.1, -0.05) is 12.8 Å². The molecule has 0 saturated heterocycles. The normalized spacial score (nSPS) is 16.0. The summed E-state index contributed by atoms with van der Waals surface area (Å²) in [4.78, 5) is 14.6. The minimum absolute atomic E-state index is 0.0415. The Hall–Kier alpha value is -1.49. The molecule has 5 heteroatoms. The summed E-state index contributed by atoms with van der Waals surface area (Å²) in [7, 11) is 2.15. The number of anilines is 1. The van der Waals surface area contributed by atoms with Gasteiger partial charge in [-0.2, -0.15) is 0 Å². The van der Waals surface area contributed by atoms with Crippen molar-refractivity contribution in [2.24, 2.45) is 0 Å². The Morgan fingerprint density at radius 1 is 1.48 bits per heavy atom. The van der Waals surface area contributed by atoms with Crippen LogP contribution >= 0.6 is 0 Å². The van der Waals surface area contributed by atoms with Gasteiger partial charge in [0.05, 0.1) is 5.69 Å². The average molecular weight is 292 g/mol. The van der Waals surface area contributed by atoms with Crippen molar-refractivity contribution in [2.75, 3.05) is 25.9 Å². The summed E-state index contributed by atoms with van der Waals surface area (Å²) in [6, 6.07) is 2.66. The fourth-order valence-corrected chi connectivity index (χ4v) is 3.07. The van der Waals surface area contributed by atoms with Crippen molar-refractivity contribution in [1.29, 1.82) is 0 Å². The van der Waals surface area contributed by atoms with E-state index in [0.29, 0.717) is 24.0 Å². The van der Waals surface area contributed by atoms with Crippen LogP contribution in [-0.4, -0.2) is 41.6 Å². The zero-order valence-corrected chi connectivity index (χ0v) is 13.4. The summed E-state index contributed by atoms with van der Waals surface area (Å²) >= 11 is 0. The summed E-state index contributed by atoms with van der Waals surface area (Å²) in [6.45, 7) is 5.66. The van der Waals surface area contributed by atoms with E-state index in [1.54, 1.807) is 6.07 Å². The number of carbonyl (C=O) groups excluding carboxylic acids is 1. The number of nitrogens with one attached hydrogen (secondary N) is 1. The third kappa shape index (κ3) is 4.00. The number of hydrogen-bond donors (Lipinski definition) is 2. The van der Waals surface area contributed by atoms with Crippen LogP contribution in [0.25, 0.3) is 0 Å². The lowest BCUT2D eigenvalue weighted by Crippen LogP contribution is -2.37. The van der Waals surface area contributed by atoms with Crippen molar-refractivity contribution in [3.63, 3.8) is 0 Å². The zero-order chi connectivity index (χ0) is 15.4. The maximum atomic E-state index is 12.3. The van der Waals surface area contributed by atoms with Crippen LogP contribution in [0.15, 0.2) is 12.3 Å². The highest BCUT2D eigenvalue weighted by Crippen LogP contribution is 2.22. The van der Waals surface area contributed by atoms with Crippen LogP contribution in [0.5, 0.6) is 0 Å². The molecule has 1 aromatic heterocycles. The quantitative estimate of drug-likeness (QED) is 0.845. The Kier molecular flexibility index (Phi) is 5.28. The Balaban J connectivity index is 1.84. The third-order valence-corrected chi connectivity index (χ3v) is 4.36. The third-order valence-electron chi connectivity index (χ3n) is 4.36. The van der Waals surface area contributed by atoms with Crippen LogP contribution in [0.4, 0.5) is 5.69 Å². The number of hydrogen-bond acceptors (Lipinski definition) is 3. The molecule has 2 rings (SSSR count). The van der Waals surface area contributed by atoms with Gasteiger partial charge in [-0.3, -0.25) is 4.79 Å². The smallest absolute Gasteiger partial charge is 0.268 e. The molecular formula is C16H28N4O. The number of nitrogen functional groups attached to an aromatic ring is 1. The molecule has 5 nitrogen and oxygen atoms in total. The van der Waals surface area contributed by atoms with E-state index in [1.807, 2.05) is 24.6 Å². The van der Waals surface area contributed by atoms with E-state index in [9.17, 15) is 4.79 Å². The van der Waals surface area contributed by atoms with Crippen LogP contribution in [0.1, 0.15) is 56.1 Å². The summed E-state index contributed by atoms with van der Waals surface area (Å²) in [5.74, 6) is -0.0415. The molecule has 0 radical (unpaired) electrons. The molecule has 3 N–H and O–H groups in total. The first kappa shape index (κ1) is 15.9. The molecule has 1 aliphatic carbocycles. The Morgan fingerprint density at radius 2 is 2.14 bits per heavy atom. The number of aromatic nitrogens is 1. The van der Waals surface area contributed by atoms with Crippen LogP contribution in [-0.2, 0) is 0 Å². The summed E-state index contributed by atoms with van der Waals surface area (Å²) in [5, 5.41) is 3.00. The molecule has 0 spiro atoms. The van der Waals surface area contributed by atoms with Crippen molar-refractivity contribution in [3.8, 4) is 0 Å². The maximum absolute atomic E-state index is 12.3. The summed E-state index contributed by atoms with van der Waals surface area (Å²) in [5.41, 5.74) is 7.09. The molecule has 1 saturated carbocycles. The van der Waals surface area contributed by atoms with Crippen molar-refractivity contribution in [2.45, 2.75) is 51.6 Å². The minimum atomic E-state index is -0.0415. The highest BCUT2D eigenvalue weighted by Gasteiger charge is 2.19. The highest BCUT2D eigenvalue weighted by molar-refractivity contribution is 5.93. The highest BCUT2D eigenvalue weighted by atomic mass is 16.1. The van der Waals surface area contributed by atoms with Gasteiger partial charge in [-0.05, 0) is 39.8 Å². The fourth-order valence-electron chi connectivity index (χ4n) is 3.07. The van der Waals surface area contributed by atoms with Gasteiger partial charge in [-0.15, -0.1) is 0 Å². The number of amides is 1. The molecule has 1 aliphatic rings. The van der Waals surface area contributed by atoms with Crippen LogP contribution in [0.3, 0.4) is 0 Å². The molecule has 21 heavy (non-hydrogen) atoms. The first-order chi connectivity index (χ1) is 9.99. The minimum Gasteiger partial charge on any atom is -0.397 e. The molecule has 0 aromatic carbocycles. The van der Waals surface area contributed by atoms with Crippen LogP contribution in [0, 0.1) is 0 Å². The number of carbonyl (C=O) groups is 1. The second kappa shape index (κ2) is 6.98. The van der Waals surface area contributed by atoms with E-state index >= 15 is 0 Å². The number of nitrogens with two attached hydrogens (primary N) is 1. The monoisotopic (exact) mass is 292 g/mol. The van der Waals surface area contributed by atoms with Gasteiger partial charge in [0.15, 0.2) is 0 Å². The second-order valence-electron chi connectivity index (χ2n) is 6.33. The topological polar surface area (TPSA) is 63.3 Å².